The van der Waals surface area contributed by atoms with Crippen LogP contribution in [-0.4, -0.2) is 27.0 Å². The Morgan fingerprint density at radius 3 is 2.55 bits per heavy atom. The van der Waals surface area contributed by atoms with Crippen LogP contribution >= 0.6 is 11.3 Å². The van der Waals surface area contributed by atoms with Gasteiger partial charge < -0.3 is 4.74 Å². The van der Waals surface area contributed by atoms with E-state index in [-0.39, 0.29) is 9.77 Å². The van der Waals surface area contributed by atoms with Crippen LogP contribution in [0.15, 0.2) is 10.3 Å². The van der Waals surface area contributed by atoms with Gasteiger partial charge in [-0.25, -0.2) is 17.9 Å². The van der Waals surface area contributed by atoms with Crippen molar-refractivity contribution in [3.63, 3.8) is 0 Å². The number of thiophene rings is 1. The van der Waals surface area contributed by atoms with Gasteiger partial charge in [0.1, 0.15) is 9.77 Å². The van der Waals surface area contributed by atoms with Crippen molar-refractivity contribution in [2.24, 2.45) is 0 Å². The van der Waals surface area contributed by atoms with Crippen molar-refractivity contribution in [3.8, 4) is 0 Å². The molecule has 5 nitrogen and oxygen atoms in total. The number of ether oxygens (including phenoxy) is 1. The monoisotopic (exact) mass is 317 g/mol. The van der Waals surface area contributed by atoms with Gasteiger partial charge in [-0.3, -0.25) is 0 Å². The normalized spacial score (nSPS) is 18.1. The second-order valence-corrected chi connectivity index (χ2v) is 7.94. The van der Waals surface area contributed by atoms with E-state index in [9.17, 15) is 13.2 Å². The fourth-order valence-electron chi connectivity index (χ4n) is 2.63. The van der Waals surface area contributed by atoms with Crippen LogP contribution in [0, 0.1) is 6.92 Å². The van der Waals surface area contributed by atoms with E-state index in [1.165, 1.54) is 7.11 Å². The number of rotatable bonds is 4. The Labute approximate surface area is 123 Å². The largest absolute Gasteiger partial charge is 0.465 e. The molecule has 0 radical (unpaired) electrons. The highest BCUT2D eigenvalue weighted by Gasteiger charge is 2.36. The van der Waals surface area contributed by atoms with Gasteiger partial charge in [0.15, 0.2) is 0 Å². The SMILES string of the molecule is COC(=O)c1scc(C)c1S(=O)(=O)NC1(C)CCCC1. The van der Waals surface area contributed by atoms with Crippen molar-refractivity contribution < 1.29 is 17.9 Å². The van der Waals surface area contributed by atoms with Gasteiger partial charge >= 0.3 is 5.97 Å². The zero-order valence-electron chi connectivity index (χ0n) is 11.9. The standard InChI is InChI=1S/C13H19NO4S2/c1-9-8-19-10(12(15)18-3)11(9)20(16,17)14-13(2)6-4-5-7-13/h8,14H,4-7H2,1-3H3. The molecule has 1 aromatic heterocycles. The first-order chi connectivity index (χ1) is 9.29. The third-order valence-electron chi connectivity index (χ3n) is 3.65. The maximum absolute atomic E-state index is 12.6. The van der Waals surface area contributed by atoms with E-state index in [4.69, 9.17) is 0 Å². The molecule has 0 aromatic carbocycles. The Morgan fingerprint density at radius 1 is 1.40 bits per heavy atom. The summed E-state index contributed by atoms with van der Waals surface area (Å²) in [5.74, 6) is -0.611. The fraction of sp³-hybridized carbons (Fsp3) is 0.615. The molecular formula is C13H19NO4S2. The summed E-state index contributed by atoms with van der Waals surface area (Å²) in [5.41, 5.74) is 0.158. The van der Waals surface area contributed by atoms with E-state index >= 15 is 0 Å². The van der Waals surface area contributed by atoms with Crippen molar-refractivity contribution in [3.05, 3.63) is 15.8 Å². The summed E-state index contributed by atoms with van der Waals surface area (Å²) in [4.78, 5) is 11.9. The van der Waals surface area contributed by atoms with E-state index in [0.717, 1.165) is 37.0 Å². The first-order valence-corrected chi connectivity index (χ1v) is 8.86. The number of carbonyl (C=O) groups is 1. The molecule has 0 amide bonds. The lowest BCUT2D eigenvalue weighted by atomic mass is 10.0. The molecule has 2 rings (SSSR count). The lowest BCUT2D eigenvalue weighted by Crippen LogP contribution is -2.43. The molecule has 1 saturated carbocycles. The number of nitrogens with one attached hydrogen (secondary N) is 1. The van der Waals surface area contributed by atoms with E-state index in [2.05, 4.69) is 9.46 Å². The fourth-order valence-corrected chi connectivity index (χ4v) is 5.81. The summed E-state index contributed by atoms with van der Waals surface area (Å²) in [6.45, 7) is 3.60. The molecule has 0 spiro atoms. The van der Waals surface area contributed by atoms with Crippen molar-refractivity contribution in [2.75, 3.05) is 7.11 Å². The number of carbonyl (C=O) groups excluding carboxylic acids is 1. The van der Waals surface area contributed by atoms with E-state index in [1.807, 2.05) is 6.92 Å². The molecule has 112 valence electrons. The van der Waals surface area contributed by atoms with Crippen LogP contribution in [0.4, 0.5) is 0 Å². The number of hydrogen-bond donors (Lipinski definition) is 1. The number of aryl methyl sites for hydroxylation is 1. The molecule has 7 heteroatoms. The van der Waals surface area contributed by atoms with Gasteiger partial charge in [0.05, 0.1) is 7.11 Å². The smallest absolute Gasteiger partial charge is 0.349 e. The van der Waals surface area contributed by atoms with Gasteiger partial charge in [-0.15, -0.1) is 11.3 Å². The summed E-state index contributed by atoms with van der Waals surface area (Å²) in [6, 6.07) is 0. The molecule has 0 unspecified atom stereocenters. The Morgan fingerprint density at radius 2 is 2.00 bits per heavy atom. The lowest BCUT2D eigenvalue weighted by molar-refractivity contribution is 0.0602. The van der Waals surface area contributed by atoms with Crippen LogP contribution in [0.3, 0.4) is 0 Å². The Hall–Kier alpha value is -0.920. The summed E-state index contributed by atoms with van der Waals surface area (Å²) >= 11 is 1.10. The van der Waals surface area contributed by atoms with Crippen LogP contribution in [0.25, 0.3) is 0 Å². The Bertz CT molecular complexity index is 612. The molecule has 1 aliphatic carbocycles. The van der Waals surface area contributed by atoms with Crippen LogP contribution in [0.2, 0.25) is 0 Å². The lowest BCUT2D eigenvalue weighted by Gasteiger charge is -2.25. The summed E-state index contributed by atoms with van der Waals surface area (Å²) < 4.78 is 32.6. The maximum atomic E-state index is 12.6. The molecule has 1 heterocycles. The third kappa shape index (κ3) is 2.89. The summed E-state index contributed by atoms with van der Waals surface area (Å²) in [6.07, 6.45) is 3.68. The first-order valence-electron chi connectivity index (χ1n) is 6.49. The minimum absolute atomic E-state index is 0.0578. The van der Waals surface area contributed by atoms with Crippen molar-refractivity contribution in [1.82, 2.24) is 4.72 Å². The van der Waals surface area contributed by atoms with Gasteiger partial charge in [-0.05, 0) is 37.6 Å². The Kier molecular flexibility index (Phi) is 4.22. The number of esters is 1. The van der Waals surface area contributed by atoms with Gasteiger partial charge in [0.25, 0.3) is 0 Å². The zero-order chi connectivity index (χ0) is 15.0. The maximum Gasteiger partial charge on any atom is 0.349 e. The molecule has 1 fully saturated rings. The van der Waals surface area contributed by atoms with Crippen molar-refractivity contribution >= 4 is 27.3 Å². The highest BCUT2D eigenvalue weighted by atomic mass is 32.2. The molecule has 20 heavy (non-hydrogen) atoms. The molecule has 0 aliphatic heterocycles. The van der Waals surface area contributed by atoms with Gasteiger partial charge in [0, 0.05) is 5.54 Å². The topological polar surface area (TPSA) is 72.5 Å². The van der Waals surface area contributed by atoms with Crippen molar-refractivity contribution in [2.45, 2.75) is 50.0 Å². The average Bonchev–Trinajstić information content (AvgIpc) is 2.94. The van der Waals surface area contributed by atoms with E-state index in [1.54, 1.807) is 12.3 Å². The number of hydrogen-bond acceptors (Lipinski definition) is 5. The van der Waals surface area contributed by atoms with Crippen molar-refractivity contribution in [1.29, 1.82) is 0 Å². The van der Waals surface area contributed by atoms with Crippen LogP contribution in [-0.2, 0) is 14.8 Å². The predicted molar refractivity (Wildman–Crippen MR) is 77.6 cm³/mol. The quantitative estimate of drug-likeness (QED) is 0.866. The molecule has 1 N–H and O–H groups in total. The minimum Gasteiger partial charge on any atom is -0.465 e. The average molecular weight is 317 g/mol. The second-order valence-electron chi connectivity index (χ2n) is 5.44. The summed E-state index contributed by atoms with van der Waals surface area (Å²) in [7, 11) is -2.47. The molecule has 0 bridgehead atoms. The van der Waals surface area contributed by atoms with Gasteiger partial charge in [-0.1, -0.05) is 12.8 Å². The van der Waals surface area contributed by atoms with E-state index < -0.39 is 21.5 Å². The van der Waals surface area contributed by atoms with E-state index in [0.29, 0.717) is 5.56 Å². The zero-order valence-corrected chi connectivity index (χ0v) is 13.5. The number of sulfonamides is 1. The third-order valence-corrected chi connectivity index (χ3v) is 6.68. The molecule has 1 aliphatic rings. The summed E-state index contributed by atoms with van der Waals surface area (Å²) in [5, 5.41) is 1.66. The van der Waals surface area contributed by atoms with Gasteiger partial charge in [0.2, 0.25) is 10.0 Å². The molecule has 1 aromatic rings. The molecule has 0 saturated heterocycles. The predicted octanol–water partition coefficient (Wildman–Crippen LogP) is 2.45. The number of methoxy groups -OCH3 is 1. The van der Waals surface area contributed by atoms with Gasteiger partial charge in [-0.2, -0.15) is 0 Å². The highest BCUT2D eigenvalue weighted by molar-refractivity contribution is 7.89. The second kappa shape index (κ2) is 5.46. The Balaban J connectivity index is 2.39. The van der Waals surface area contributed by atoms with Crippen LogP contribution in [0.1, 0.15) is 47.8 Å². The molecular weight excluding hydrogens is 298 g/mol. The highest BCUT2D eigenvalue weighted by Crippen LogP contribution is 2.33. The first kappa shape index (κ1) is 15.5. The van der Waals surface area contributed by atoms with Crippen LogP contribution in [0.5, 0.6) is 0 Å². The van der Waals surface area contributed by atoms with Crippen LogP contribution < -0.4 is 4.72 Å². The minimum atomic E-state index is -3.72. The molecule has 0 atom stereocenters.